The summed E-state index contributed by atoms with van der Waals surface area (Å²) in [6.45, 7) is 8.15. The number of fused-ring (bicyclic) bond motifs is 1. The molecule has 0 bridgehead atoms. The Morgan fingerprint density at radius 3 is 3.17 bits per heavy atom. The second-order valence-corrected chi connectivity index (χ2v) is 6.90. The molecular formula is C15H22N2S. The maximum absolute atomic E-state index is 3.55. The largest absolute Gasteiger partial charge is 0.384 e. The summed E-state index contributed by atoms with van der Waals surface area (Å²) >= 11 is 2.11. The average Bonchev–Trinajstić information content (AvgIpc) is 2.84. The molecule has 0 amide bonds. The van der Waals surface area contributed by atoms with E-state index in [0.29, 0.717) is 6.04 Å². The summed E-state index contributed by atoms with van der Waals surface area (Å²) in [5.74, 6) is 1.27. The van der Waals surface area contributed by atoms with E-state index < -0.39 is 0 Å². The molecule has 0 saturated carbocycles. The van der Waals surface area contributed by atoms with Gasteiger partial charge in [-0.1, -0.05) is 25.1 Å². The van der Waals surface area contributed by atoms with Crippen molar-refractivity contribution in [2.24, 2.45) is 0 Å². The van der Waals surface area contributed by atoms with Gasteiger partial charge in [-0.15, -0.1) is 0 Å². The van der Waals surface area contributed by atoms with Gasteiger partial charge in [0.05, 0.1) is 0 Å². The Hall–Kier alpha value is -0.670. The third kappa shape index (κ3) is 2.26. The molecule has 1 N–H and O–H groups in total. The number of rotatable bonds is 2. The van der Waals surface area contributed by atoms with Gasteiger partial charge in [-0.3, -0.25) is 4.90 Å². The van der Waals surface area contributed by atoms with Crippen molar-refractivity contribution in [3.05, 3.63) is 29.3 Å². The summed E-state index contributed by atoms with van der Waals surface area (Å²) in [5.41, 5.74) is 4.39. The molecular weight excluding hydrogens is 240 g/mol. The maximum atomic E-state index is 3.55. The number of nitrogens with zero attached hydrogens (tertiary/aromatic N) is 1. The minimum atomic E-state index is 0.681. The van der Waals surface area contributed by atoms with E-state index in [1.807, 2.05) is 0 Å². The van der Waals surface area contributed by atoms with E-state index in [2.05, 4.69) is 54.0 Å². The van der Waals surface area contributed by atoms with Crippen molar-refractivity contribution < 1.29 is 0 Å². The Balaban J connectivity index is 1.78. The van der Waals surface area contributed by atoms with Crippen LogP contribution in [0.4, 0.5) is 5.69 Å². The van der Waals surface area contributed by atoms with Crippen LogP contribution in [0.2, 0.25) is 0 Å². The molecule has 2 aliphatic heterocycles. The summed E-state index contributed by atoms with van der Waals surface area (Å²) in [6.07, 6.45) is 1.19. The zero-order valence-corrected chi connectivity index (χ0v) is 12.1. The van der Waals surface area contributed by atoms with Gasteiger partial charge in [-0.2, -0.15) is 11.8 Å². The number of hydrogen-bond donors (Lipinski definition) is 1. The molecule has 2 atom stereocenters. The summed E-state index contributed by atoms with van der Waals surface area (Å²) in [5, 5.41) is 4.31. The molecule has 0 spiro atoms. The monoisotopic (exact) mass is 262 g/mol. The number of hydrogen-bond acceptors (Lipinski definition) is 3. The number of nitrogens with one attached hydrogen (secondary N) is 1. The molecule has 0 radical (unpaired) electrons. The molecule has 1 aromatic carbocycles. The molecule has 0 aliphatic carbocycles. The predicted octanol–water partition coefficient (Wildman–Crippen LogP) is 2.98. The maximum Gasteiger partial charge on any atom is 0.0419 e. The molecule has 1 fully saturated rings. The quantitative estimate of drug-likeness (QED) is 0.882. The standard InChI is InChI=1S/C15H22N2S/c1-11-12(2)18-9-8-17(11)10-14-5-3-4-13-6-7-16-15(13)14/h3-5,11-12,16H,6-10H2,1-2H3. The highest BCUT2D eigenvalue weighted by Gasteiger charge is 2.26. The fourth-order valence-electron chi connectivity index (χ4n) is 2.98. The highest BCUT2D eigenvalue weighted by molar-refractivity contribution is 8.00. The minimum absolute atomic E-state index is 0.681. The predicted molar refractivity (Wildman–Crippen MR) is 80.4 cm³/mol. The zero-order valence-electron chi connectivity index (χ0n) is 11.3. The van der Waals surface area contributed by atoms with Crippen LogP contribution in [0.1, 0.15) is 25.0 Å². The Bertz CT molecular complexity index is 433. The van der Waals surface area contributed by atoms with Gasteiger partial charge in [-0.05, 0) is 24.5 Å². The SMILES string of the molecule is CC1SCCN(Cc2cccc3c2NCC3)C1C. The van der Waals surface area contributed by atoms with Gasteiger partial charge in [0.25, 0.3) is 0 Å². The van der Waals surface area contributed by atoms with Crippen LogP contribution < -0.4 is 5.32 Å². The Kier molecular flexibility index (Phi) is 3.53. The molecule has 1 aromatic rings. The summed E-state index contributed by atoms with van der Waals surface area (Å²) in [6, 6.07) is 7.45. The normalized spacial score (nSPS) is 27.9. The number of benzene rings is 1. The van der Waals surface area contributed by atoms with Crippen molar-refractivity contribution in [1.82, 2.24) is 4.90 Å². The summed E-state index contributed by atoms with van der Waals surface area (Å²) < 4.78 is 0. The van der Waals surface area contributed by atoms with Crippen molar-refractivity contribution >= 4 is 17.4 Å². The molecule has 2 heterocycles. The van der Waals surface area contributed by atoms with E-state index in [1.165, 1.54) is 35.5 Å². The third-order valence-corrected chi connectivity index (χ3v) is 5.66. The van der Waals surface area contributed by atoms with E-state index in [1.54, 1.807) is 0 Å². The van der Waals surface area contributed by atoms with Crippen molar-refractivity contribution in [3.8, 4) is 0 Å². The van der Waals surface area contributed by atoms with Crippen LogP contribution in [-0.2, 0) is 13.0 Å². The second-order valence-electron chi connectivity index (χ2n) is 5.42. The van der Waals surface area contributed by atoms with Gasteiger partial charge in [0.2, 0.25) is 0 Å². The van der Waals surface area contributed by atoms with Crippen molar-refractivity contribution in [3.63, 3.8) is 0 Å². The van der Waals surface area contributed by atoms with Gasteiger partial charge in [-0.25, -0.2) is 0 Å². The van der Waals surface area contributed by atoms with Crippen LogP contribution in [0.15, 0.2) is 18.2 Å². The molecule has 2 unspecified atom stereocenters. The smallest absolute Gasteiger partial charge is 0.0419 e. The molecule has 2 nitrogen and oxygen atoms in total. The summed E-state index contributed by atoms with van der Waals surface area (Å²) in [7, 11) is 0. The first-order chi connectivity index (χ1) is 8.75. The van der Waals surface area contributed by atoms with Crippen LogP contribution in [0.25, 0.3) is 0 Å². The fourth-order valence-corrected chi connectivity index (χ4v) is 4.14. The van der Waals surface area contributed by atoms with Gasteiger partial charge in [0.1, 0.15) is 0 Å². The average molecular weight is 262 g/mol. The topological polar surface area (TPSA) is 15.3 Å². The number of para-hydroxylation sites is 1. The molecule has 3 rings (SSSR count). The van der Waals surface area contributed by atoms with Gasteiger partial charge in [0, 0.05) is 42.4 Å². The Morgan fingerprint density at radius 2 is 2.28 bits per heavy atom. The van der Waals surface area contributed by atoms with E-state index >= 15 is 0 Å². The van der Waals surface area contributed by atoms with Crippen LogP contribution in [-0.4, -0.2) is 35.0 Å². The highest BCUT2D eigenvalue weighted by Crippen LogP contribution is 2.30. The summed E-state index contributed by atoms with van der Waals surface area (Å²) in [4.78, 5) is 2.64. The highest BCUT2D eigenvalue weighted by atomic mass is 32.2. The molecule has 2 aliphatic rings. The second kappa shape index (κ2) is 5.14. The molecule has 0 aromatic heterocycles. The molecule has 1 saturated heterocycles. The lowest BCUT2D eigenvalue weighted by Crippen LogP contribution is -2.44. The van der Waals surface area contributed by atoms with E-state index in [4.69, 9.17) is 0 Å². The van der Waals surface area contributed by atoms with Crippen molar-refractivity contribution in [1.29, 1.82) is 0 Å². The lowest BCUT2D eigenvalue weighted by atomic mass is 10.1. The van der Waals surface area contributed by atoms with Crippen LogP contribution in [0, 0.1) is 0 Å². The molecule has 3 heteroatoms. The van der Waals surface area contributed by atoms with E-state index in [9.17, 15) is 0 Å². The van der Waals surface area contributed by atoms with Crippen LogP contribution in [0.5, 0.6) is 0 Å². The molecule has 18 heavy (non-hydrogen) atoms. The zero-order chi connectivity index (χ0) is 12.5. The number of thioether (sulfide) groups is 1. The van der Waals surface area contributed by atoms with Crippen molar-refractivity contribution in [2.75, 3.05) is 24.2 Å². The Labute approximate surface area is 114 Å². The minimum Gasteiger partial charge on any atom is -0.384 e. The first-order valence-corrected chi connectivity index (χ1v) is 8.01. The fraction of sp³-hybridized carbons (Fsp3) is 0.600. The lowest BCUT2D eigenvalue weighted by molar-refractivity contribution is 0.205. The van der Waals surface area contributed by atoms with Crippen LogP contribution >= 0.6 is 11.8 Å². The van der Waals surface area contributed by atoms with Crippen molar-refractivity contribution in [2.45, 2.75) is 38.1 Å². The van der Waals surface area contributed by atoms with Crippen LogP contribution in [0.3, 0.4) is 0 Å². The first-order valence-electron chi connectivity index (χ1n) is 6.96. The van der Waals surface area contributed by atoms with Gasteiger partial charge in [0.15, 0.2) is 0 Å². The van der Waals surface area contributed by atoms with Gasteiger partial charge < -0.3 is 5.32 Å². The molecule has 98 valence electrons. The van der Waals surface area contributed by atoms with E-state index in [-0.39, 0.29) is 0 Å². The lowest BCUT2D eigenvalue weighted by Gasteiger charge is -2.37. The van der Waals surface area contributed by atoms with E-state index in [0.717, 1.165) is 18.3 Å². The van der Waals surface area contributed by atoms with Gasteiger partial charge >= 0.3 is 0 Å². The first kappa shape index (κ1) is 12.4. The third-order valence-electron chi connectivity index (χ3n) is 4.32. The number of anilines is 1. The Morgan fingerprint density at radius 1 is 1.39 bits per heavy atom.